The summed E-state index contributed by atoms with van der Waals surface area (Å²) in [6.07, 6.45) is 2.22. The third kappa shape index (κ3) is 3.45. The number of urea groups is 1. The molecule has 0 aliphatic heterocycles. The van der Waals surface area contributed by atoms with Crippen molar-refractivity contribution in [1.29, 1.82) is 0 Å². The molecule has 0 spiro atoms. The van der Waals surface area contributed by atoms with E-state index in [0.29, 0.717) is 5.92 Å². The molecular weight excluding hydrogens is 279 g/mol. The smallest absolute Gasteiger partial charge is 0.319 e. The second-order valence-electron chi connectivity index (χ2n) is 5.80. The van der Waals surface area contributed by atoms with Crippen LogP contribution in [0.5, 0.6) is 0 Å². The zero-order chi connectivity index (χ0) is 15.5. The number of hydrogen-bond donors (Lipinski definition) is 2. The van der Waals surface area contributed by atoms with Gasteiger partial charge in [-0.05, 0) is 43.4 Å². The van der Waals surface area contributed by atoms with Crippen molar-refractivity contribution in [3.05, 3.63) is 65.5 Å². The Balaban J connectivity index is 1.70. The molecule has 1 aliphatic rings. The fourth-order valence-electron chi connectivity index (χ4n) is 2.54. The van der Waals surface area contributed by atoms with E-state index >= 15 is 0 Å². The molecule has 1 saturated carbocycles. The van der Waals surface area contributed by atoms with Crippen LogP contribution in [0.2, 0.25) is 0 Å². The number of nitrogens with one attached hydrogen (secondary N) is 2. The molecule has 3 rings (SSSR count). The molecule has 2 aromatic carbocycles. The average Bonchev–Trinajstić information content (AvgIpc) is 3.33. The highest BCUT2D eigenvalue weighted by Gasteiger charge is 2.33. The van der Waals surface area contributed by atoms with Crippen LogP contribution in [0.15, 0.2) is 48.5 Å². The summed E-state index contributed by atoms with van der Waals surface area (Å²) in [5.41, 5.74) is 2.48. The first kappa shape index (κ1) is 14.6. The van der Waals surface area contributed by atoms with E-state index in [1.54, 1.807) is 18.2 Å². The Hall–Kier alpha value is -2.36. The Kier molecular flexibility index (Phi) is 4.09. The van der Waals surface area contributed by atoms with Crippen molar-refractivity contribution in [3.63, 3.8) is 0 Å². The minimum atomic E-state index is -0.434. The van der Waals surface area contributed by atoms with Crippen LogP contribution in [0.1, 0.15) is 30.0 Å². The summed E-state index contributed by atoms with van der Waals surface area (Å²) in [4.78, 5) is 12.2. The fraction of sp³-hybridized carbons (Fsp3) is 0.278. The Morgan fingerprint density at radius 1 is 1.14 bits per heavy atom. The van der Waals surface area contributed by atoms with E-state index in [1.165, 1.54) is 11.6 Å². The van der Waals surface area contributed by atoms with Gasteiger partial charge in [-0.2, -0.15) is 0 Å². The van der Waals surface area contributed by atoms with Gasteiger partial charge in [-0.15, -0.1) is 0 Å². The number of rotatable bonds is 4. The molecule has 1 atom stereocenters. The summed E-state index contributed by atoms with van der Waals surface area (Å²) in [7, 11) is 0. The number of carbonyl (C=O) groups excluding carboxylic acids is 1. The number of halogens is 1. The molecule has 0 heterocycles. The summed E-state index contributed by atoms with van der Waals surface area (Å²) >= 11 is 0. The summed E-state index contributed by atoms with van der Waals surface area (Å²) in [5.74, 6) is 0.0324. The molecule has 4 heteroatoms. The largest absolute Gasteiger partial charge is 0.331 e. The van der Waals surface area contributed by atoms with Crippen LogP contribution in [0.25, 0.3) is 0 Å². The van der Waals surface area contributed by atoms with E-state index < -0.39 is 5.82 Å². The van der Waals surface area contributed by atoms with Crippen LogP contribution in [-0.2, 0) is 0 Å². The molecular formula is C18H19FN2O. The monoisotopic (exact) mass is 298 g/mol. The van der Waals surface area contributed by atoms with Gasteiger partial charge in [-0.3, -0.25) is 0 Å². The molecule has 0 saturated heterocycles. The lowest BCUT2D eigenvalue weighted by Crippen LogP contribution is -2.33. The van der Waals surface area contributed by atoms with E-state index in [-0.39, 0.29) is 17.8 Å². The van der Waals surface area contributed by atoms with Gasteiger partial charge in [0, 0.05) is 0 Å². The first-order valence-electron chi connectivity index (χ1n) is 7.52. The predicted octanol–water partition coefficient (Wildman–Crippen LogP) is 4.41. The molecule has 0 radical (unpaired) electrons. The number of carbonyl (C=O) groups is 1. The van der Waals surface area contributed by atoms with Gasteiger partial charge in [0.25, 0.3) is 0 Å². The molecule has 1 fully saturated rings. The molecule has 2 aromatic rings. The second kappa shape index (κ2) is 6.18. The Bertz CT molecular complexity index is 665. The van der Waals surface area contributed by atoms with Gasteiger partial charge in [0.05, 0.1) is 11.7 Å². The number of aryl methyl sites for hydroxylation is 1. The number of benzene rings is 2. The molecule has 0 bridgehead atoms. The number of anilines is 1. The molecule has 2 N–H and O–H groups in total. The lowest BCUT2D eigenvalue weighted by atomic mass is 10.0. The van der Waals surface area contributed by atoms with Crippen LogP contribution in [0.4, 0.5) is 14.9 Å². The lowest BCUT2D eigenvalue weighted by molar-refractivity contribution is 0.247. The van der Waals surface area contributed by atoms with Gasteiger partial charge in [0.15, 0.2) is 0 Å². The third-order valence-electron chi connectivity index (χ3n) is 3.94. The van der Waals surface area contributed by atoms with Gasteiger partial charge in [-0.25, -0.2) is 9.18 Å². The van der Waals surface area contributed by atoms with E-state index in [9.17, 15) is 9.18 Å². The van der Waals surface area contributed by atoms with Crippen molar-refractivity contribution in [3.8, 4) is 0 Å². The highest BCUT2D eigenvalue weighted by atomic mass is 19.1. The minimum absolute atomic E-state index is 0.0210. The van der Waals surface area contributed by atoms with E-state index in [2.05, 4.69) is 10.6 Å². The van der Waals surface area contributed by atoms with Gasteiger partial charge >= 0.3 is 6.03 Å². The summed E-state index contributed by atoms with van der Waals surface area (Å²) in [5, 5.41) is 5.55. The van der Waals surface area contributed by atoms with Crippen LogP contribution >= 0.6 is 0 Å². The van der Waals surface area contributed by atoms with Gasteiger partial charge in [-0.1, -0.05) is 42.0 Å². The van der Waals surface area contributed by atoms with Crippen molar-refractivity contribution in [2.45, 2.75) is 25.8 Å². The van der Waals surface area contributed by atoms with E-state index in [4.69, 9.17) is 0 Å². The quantitative estimate of drug-likeness (QED) is 0.862. The summed E-state index contributed by atoms with van der Waals surface area (Å²) in [6.45, 7) is 2.04. The van der Waals surface area contributed by atoms with Crippen molar-refractivity contribution in [2.24, 2.45) is 5.92 Å². The van der Waals surface area contributed by atoms with Crippen LogP contribution in [-0.4, -0.2) is 6.03 Å². The third-order valence-corrected chi connectivity index (χ3v) is 3.94. The molecule has 1 aliphatic carbocycles. The lowest BCUT2D eigenvalue weighted by Gasteiger charge is -2.19. The minimum Gasteiger partial charge on any atom is -0.331 e. The number of amides is 2. The van der Waals surface area contributed by atoms with Gasteiger partial charge < -0.3 is 10.6 Å². The predicted molar refractivity (Wildman–Crippen MR) is 85.2 cm³/mol. The van der Waals surface area contributed by atoms with Gasteiger partial charge in [0.1, 0.15) is 5.82 Å². The number of para-hydroxylation sites is 1. The molecule has 0 aromatic heterocycles. The topological polar surface area (TPSA) is 41.1 Å². The van der Waals surface area contributed by atoms with Crippen molar-refractivity contribution >= 4 is 11.7 Å². The normalized spacial score (nSPS) is 15.2. The molecule has 22 heavy (non-hydrogen) atoms. The Morgan fingerprint density at radius 3 is 2.45 bits per heavy atom. The van der Waals surface area contributed by atoms with Crippen molar-refractivity contribution in [2.75, 3.05) is 5.32 Å². The highest BCUT2D eigenvalue weighted by molar-refractivity contribution is 5.89. The van der Waals surface area contributed by atoms with Crippen LogP contribution in [0, 0.1) is 18.7 Å². The van der Waals surface area contributed by atoms with Crippen LogP contribution in [0.3, 0.4) is 0 Å². The first-order valence-corrected chi connectivity index (χ1v) is 7.52. The maximum absolute atomic E-state index is 13.6. The van der Waals surface area contributed by atoms with E-state index in [1.807, 2.05) is 31.2 Å². The summed E-state index contributed by atoms with van der Waals surface area (Å²) in [6, 6.07) is 13.9. The molecule has 114 valence electrons. The maximum atomic E-state index is 13.6. The van der Waals surface area contributed by atoms with Crippen LogP contribution < -0.4 is 10.6 Å². The van der Waals surface area contributed by atoms with E-state index in [0.717, 1.165) is 18.4 Å². The average molecular weight is 298 g/mol. The first-order chi connectivity index (χ1) is 10.6. The van der Waals surface area contributed by atoms with Crippen molar-refractivity contribution < 1.29 is 9.18 Å². The molecule has 3 nitrogen and oxygen atoms in total. The zero-order valence-electron chi connectivity index (χ0n) is 12.5. The maximum Gasteiger partial charge on any atom is 0.319 e. The Morgan fingerprint density at radius 2 is 1.82 bits per heavy atom. The second-order valence-corrected chi connectivity index (χ2v) is 5.80. The standard InChI is InChI=1S/C18H19FN2O/c1-12-6-8-13(9-7-12)17(14-10-11-14)21-18(22)20-16-5-3-2-4-15(16)19/h2-9,14,17H,10-11H2,1H3,(H2,20,21,22). The highest BCUT2D eigenvalue weighted by Crippen LogP contribution is 2.41. The SMILES string of the molecule is Cc1ccc(C(NC(=O)Nc2ccccc2F)C2CC2)cc1. The number of hydrogen-bond acceptors (Lipinski definition) is 1. The molecule has 2 amide bonds. The summed E-state index contributed by atoms with van der Waals surface area (Å²) < 4.78 is 13.6. The molecule has 1 unspecified atom stereocenters. The van der Waals surface area contributed by atoms with Gasteiger partial charge in [0.2, 0.25) is 0 Å². The fourth-order valence-corrected chi connectivity index (χ4v) is 2.54. The zero-order valence-corrected chi connectivity index (χ0v) is 12.5. The Labute approximate surface area is 129 Å². The van der Waals surface area contributed by atoms with Crippen molar-refractivity contribution in [1.82, 2.24) is 5.32 Å².